The first-order valence-electron chi connectivity index (χ1n) is 13.6. The summed E-state index contributed by atoms with van der Waals surface area (Å²) in [5, 5.41) is 0. The van der Waals surface area contributed by atoms with E-state index in [1.54, 1.807) is 37.5 Å². The predicted molar refractivity (Wildman–Crippen MR) is 159 cm³/mol. The monoisotopic (exact) mass is 604 g/mol. The van der Waals surface area contributed by atoms with Crippen LogP contribution in [0.25, 0.3) is 0 Å². The molecule has 0 saturated carbocycles. The highest BCUT2D eigenvalue weighted by Crippen LogP contribution is 2.51. The SMILES string of the molecule is CN(CCc1ccccn1)C(=O)OCOC(=O)Cc1ccc(OP(=O)(OCc2ccccc2)OCc2ccccc2)cc1. The average molecular weight is 605 g/mol. The quantitative estimate of drug-likeness (QED) is 0.0869. The zero-order chi connectivity index (χ0) is 30.3. The molecule has 0 fully saturated rings. The molecule has 10 nitrogen and oxygen atoms in total. The Kier molecular flexibility index (Phi) is 11.9. The third-order valence-electron chi connectivity index (χ3n) is 6.10. The van der Waals surface area contributed by atoms with Gasteiger partial charge in [-0.1, -0.05) is 78.9 Å². The summed E-state index contributed by atoms with van der Waals surface area (Å²) in [6.07, 6.45) is 1.58. The van der Waals surface area contributed by atoms with Crippen LogP contribution in [0, 0.1) is 0 Å². The lowest BCUT2D eigenvalue weighted by atomic mass is 10.1. The maximum Gasteiger partial charge on any atom is 0.530 e. The molecule has 1 amide bonds. The van der Waals surface area contributed by atoms with Crippen molar-refractivity contribution in [1.82, 2.24) is 9.88 Å². The van der Waals surface area contributed by atoms with Crippen molar-refractivity contribution < 1.29 is 37.2 Å². The Morgan fingerprint density at radius 1 is 0.744 bits per heavy atom. The van der Waals surface area contributed by atoms with E-state index in [4.69, 9.17) is 23.0 Å². The molecule has 4 aromatic rings. The molecule has 224 valence electrons. The van der Waals surface area contributed by atoms with Crippen LogP contribution in [-0.2, 0) is 53.9 Å². The zero-order valence-corrected chi connectivity index (χ0v) is 24.6. The lowest BCUT2D eigenvalue weighted by Crippen LogP contribution is -2.30. The fourth-order valence-corrected chi connectivity index (χ4v) is 4.91. The van der Waals surface area contributed by atoms with Crippen LogP contribution in [0.3, 0.4) is 0 Å². The number of pyridine rings is 1. The Morgan fingerprint density at radius 2 is 1.35 bits per heavy atom. The Bertz CT molecular complexity index is 1420. The summed E-state index contributed by atoms with van der Waals surface area (Å²) in [5.41, 5.74) is 3.09. The van der Waals surface area contributed by atoms with Crippen molar-refractivity contribution in [3.05, 3.63) is 132 Å². The molecule has 43 heavy (non-hydrogen) atoms. The van der Waals surface area contributed by atoms with Crippen molar-refractivity contribution in [2.75, 3.05) is 20.4 Å². The molecule has 0 aliphatic heterocycles. The van der Waals surface area contributed by atoms with Crippen LogP contribution in [-0.4, -0.2) is 42.3 Å². The fourth-order valence-electron chi connectivity index (χ4n) is 3.74. The number of nitrogens with zero attached hydrogens (tertiary/aromatic N) is 2. The molecule has 0 unspecified atom stereocenters. The van der Waals surface area contributed by atoms with Gasteiger partial charge in [0.05, 0.1) is 19.6 Å². The number of carbonyl (C=O) groups excluding carboxylic acids is 2. The van der Waals surface area contributed by atoms with Gasteiger partial charge in [-0.25, -0.2) is 9.36 Å². The molecular formula is C32H33N2O8P. The number of phosphoric ester groups is 1. The zero-order valence-electron chi connectivity index (χ0n) is 23.7. The van der Waals surface area contributed by atoms with Crippen LogP contribution in [0.5, 0.6) is 5.75 Å². The van der Waals surface area contributed by atoms with Gasteiger partial charge in [-0.15, -0.1) is 0 Å². The van der Waals surface area contributed by atoms with Gasteiger partial charge >= 0.3 is 19.9 Å². The first kappa shape index (κ1) is 31.4. The Hall–Kier alpha value is -4.50. The molecule has 0 aliphatic rings. The Morgan fingerprint density at radius 3 is 1.93 bits per heavy atom. The van der Waals surface area contributed by atoms with Gasteiger partial charge in [0.25, 0.3) is 0 Å². The molecule has 1 heterocycles. The molecule has 0 radical (unpaired) electrons. The van der Waals surface area contributed by atoms with E-state index in [0.717, 1.165) is 16.8 Å². The number of hydrogen-bond donors (Lipinski definition) is 0. The number of likely N-dealkylation sites (N-methyl/N-ethyl adjacent to an activating group) is 1. The van der Waals surface area contributed by atoms with Crippen LogP contribution in [0.1, 0.15) is 22.4 Å². The van der Waals surface area contributed by atoms with Crippen LogP contribution >= 0.6 is 7.82 Å². The summed E-state index contributed by atoms with van der Waals surface area (Å²) < 4.78 is 40.6. The number of amides is 1. The smallest absolute Gasteiger partial charge is 0.428 e. The summed E-state index contributed by atoms with van der Waals surface area (Å²) in [6.45, 7) is -0.0456. The van der Waals surface area contributed by atoms with Crippen LogP contribution < -0.4 is 4.52 Å². The molecule has 4 rings (SSSR count). The Balaban J connectivity index is 1.24. The van der Waals surface area contributed by atoms with E-state index in [1.165, 1.54) is 4.90 Å². The predicted octanol–water partition coefficient (Wildman–Crippen LogP) is 6.36. The first-order valence-corrected chi connectivity index (χ1v) is 15.0. The minimum Gasteiger partial charge on any atom is -0.428 e. The number of phosphoric acid groups is 1. The number of rotatable bonds is 15. The van der Waals surface area contributed by atoms with Crippen molar-refractivity contribution in [3.63, 3.8) is 0 Å². The van der Waals surface area contributed by atoms with E-state index in [2.05, 4.69) is 4.98 Å². The highest BCUT2D eigenvalue weighted by molar-refractivity contribution is 7.48. The normalized spacial score (nSPS) is 11.0. The van der Waals surface area contributed by atoms with E-state index in [0.29, 0.717) is 18.5 Å². The second-order valence-corrected chi connectivity index (χ2v) is 11.0. The maximum absolute atomic E-state index is 13.5. The van der Waals surface area contributed by atoms with Crippen LogP contribution in [0.15, 0.2) is 109 Å². The minimum absolute atomic E-state index is 0.0292. The highest BCUT2D eigenvalue weighted by atomic mass is 31.2. The number of hydrogen-bond acceptors (Lipinski definition) is 9. The molecule has 0 aliphatic carbocycles. The van der Waals surface area contributed by atoms with Gasteiger partial charge in [0.2, 0.25) is 6.79 Å². The maximum atomic E-state index is 13.5. The molecule has 0 N–H and O–H groups in total. The molecular weight excluding hydrogens is 571 g/mol. The lowest BCUT2D eigenvalue weighted by molar-refractivity contribution is -0.151. The van der Waals surface area contributed by atoms with E-state index >= 15 is 0 Å². The second-order valence-electron chi connectivity index (χ2n) is 9.41. The van der Waals surface area contributed by atoms with Gasteiger partial charge in [0.1, 0.15) is 5.75 Å². The number of benzene rings is 3. The number of ether oxygens (including phenoxy) is 2. The summed E-state index contributed by atoms with van der Waals surface area (Å²) in [7, 11) is -2.43. The third-order valence-corrected chi connectivity index (χ3v) is 7.42. The second kappa shape index (κ2) is 16.2. The molecule has 11 heteroatoms. The van der Waals surface area contributed by atoms with Gasteiger partial charge < -0.3 is 18.9 Å². The first-order chi connectivity index (χ1) is 20.9. The molecule has 0 bridgehead atoms. The molecule has 3 aromatic carbocycles. The van der Waals surface area contributed by atoms with Crippen LogP contribution in [0.4, 0.5) is 4.79 Å². The standard InChI is InChI=1S/C32H33N2O8P/c1-34(21-19-29-14-8-9-20-33-29)32(36)39-25-38-31(35)22-26-15-17-30(18-16-26)42-43(37,40-23-27-10-4-2-5-11-27)41-24-28-12-6-3-7-13-28/h2-18,20H,19,21-25H2,1H3. The van der Waals surface area contributed by atoms with Crippen molar-refractivity contribution >= 4 is 19.9 Å². The average Bonchev–Trinajstić information content (AvgIpc) is 3.04. The minimum atomic E-state index is -4.02. The van der Waals surface area contributed by atoms with Gasteiger partial charge in [0.15, 0.2) is 0 Å². The van der Waals surface area contributed by atoms with Crippen LogP contribution in [0.2, 0.25) is 0 Å². The van der Waals surface area contributed by atoms with Gasteiger partial charge in [-0.3, -0.25) is 18.8 Å². The number of aromatic nitrogens is 1. The van der Waals surface area contributed by atoms with E-state index in [-0.39, 0.29) is 25.4 Å². The lowest BCUT2D eigenvalue weighted by Gasteiger charge is -2.19. The molecule has 0 saturated heterocycles. The van der Waals surface area contributed by atoms with Gasteiger partial charge in [-0.05, 0) is 41.0 Å². The van der Waals surface area contributed by atoms with Crippen molar-refractivity contribution in [2.24, 2.45) is 0 Å². The summed E-state index contributed by atoms with van der Waals surface area (Å²) in [6, 6.07) is 30.5. The topological polar surface area (TPSA) is 113 Å². The summed E-state index contributed by atoms with van der Waals surface area (Å²) in [4.78, 5) is 30.0. The number of carbonyl (C=O) groups is 2. The van der Waals surface area contributed by atoms with Gasteiger partial charge in [0, 0.05) is 31.9 Å². The van der Waals surface area contributed by atoms with E-state index in [9.17, 15) is 14.2 Å². The Labute approximate surface area is 250 Å². The van der Waals surface area contributed by atoms with Crippen molar-refractivity contribution in [1.29, 1.82) is 0 Å². The van der Waals surface area contributed by atoms with Gasteiger partial charge in [-0.2, -0.15) is 0 Å². The molecule has 0 atom stereocenters. The summed E-state index contributed by atoms with van der Waals surface area (Å²) >= 11 is 0. The van der Waals surface area contributed by atoms with E-state index in [1.807, 2.05) is 78.9 Å². The largest absolute Gasteiger partial charge is 0.530 e. The van der Waals surface area contributed by atoms with Crippen molar-refractivity contribution in [3.8, 4) is 5.75 Å². The third kappa shape index (κ3) is 11.0. The number of esters is 1. The molecule has 0 spiro atoms. The highest BCUT2D eigenvalue weighted by Gasteiger charge is 2.29. The van der Waals surface area contributed by atoms with Crippen molar-refractivity contribution in [2.45, 2.75) is 26.1 Å². The molecule has 1 aromatic heterocycles. The van der Waals surface area contributed by atoms with E-state index < -0.39 is 26.7 Å². The fraction of sp³-hybridized carbons (Fsp3) is 0.219. The summed E-state index contributed by atoms with van der Waals surface area (Å²) in [5.74, 6) is -0.343.